The maximum atomic E-state index is 10.2. The molecule has 0 amide bonds. The van der Waals surface area contributed by atoms with Crippen LogP contribution in [0.4, 0.5) is 11.5 Å². The third-order valence-corrected chi connectivity index (χ3v) is 6.10. The maximum absolute atomic E-state index is 10.2. The molecule has 2 N–H and O–H groups in total. The third kappa shape index (κ3) is 5.34. The number of hydrogen-bond donors (Lipinski definition) is 2. The molecule has 0 aromatic carbocycles. The molecule has 33 heavy (non-hydrogen) atoms. The second-order valence-electron chi connectivity index (χ2n) is 9.42. The summed E-state index contributed by atoms with van der Waals surface area (Å²) in [6.07, 6.45) is 10.9. The summed E-state index contributed by atoms with van der Waals surface area (Å²) in [6, 6.07) is 7.89. The molecule has 3 aromatic heterocycles. The van der Waals surface area contributed by atoms with Crippen molar-refractivity contribution in [1.29, 1.82) is 0 Å². The van der Waals surface area contributed by atoms with Crippen molar-refractivity contribution in [1.82, 2.24) is 19.7 Å². The van der Waals surface area contributed by atoms with Gasteiger partial charge in [0, 0.05) is 43.3 Å². The van der Waals surface area contributed by atoms with Crippen molar-refractivity contribution in [2.75, 3.05) is 18.5 Å². The number of anilines is 2. The number of ether oxygens (including phenoxy) is 2. The number of aliphatic hydroxyl groups is 1. The number of pyridine rings is 2. The Hall–Kier alpha value is -2.97. The minimum absolute atomic E-state index is 0.346. The maximum Gasteiger partial charge on any atom is 0.168 e. The van der Waals surface area contributed by atoms with Crippen LogP contribution >= 0.6 is 0 Å². The van der Waals surface area contributed by atoms with E-state index in [-0.39, 0.29) is 0 Å². The first-order valence-electron chi connectivity index (χ1n) is 11.7. The molecule has 5 rings (SSSR count). The van der Waals surface area contributed by atoms with Crippen molar-refractivity contribution in [3.63, 3.8) is 0 Å². The van der Waals surface area contributed by atoms with Gasteiger partial charge in [0.05, 0.1) is 17.9 Å². The monoisotopic (exact) mass is 449 g/mol. The highest BCUT2D eigenvalue weighted by atomic mass is 16.5. The average Bonchev–Trinajstić information content (AvgIpc) is 3.60. The zero-order chi connectivity index (χ0) is 22.8. The number of rotatable bonds is 7. The Kier molecular flexibility index (Phi) is 6.03. The summed E-state index contributed by atoms with van der Waals surface area (Å²) in [7, 11) is 0. The minimum Gasteiger partial charge on any atom is -0.454 e. The van der Waals surface area contributed by atoms with Crippen molar-refractivity contribution in [2.24, 2.45) is 0 Å². The average molecular weight is 450 g/mol. The lowest BCUT2D eigenvalue weighted by Gasteiger charge is -2.17. The lowest BCUT2D eigenvalue weighted by molar-refractivity contribution is 0.0739. The van der Waals surface area contributed by atoms with Gasteiger partial charge in [0.15, 0.2) is 5.75 Å². The summed E-state index contributed by atoms with van der Waals surface area (Å²) in [5.41, 5.74) is 1.40. The molecular formula is C25H31N5O3. The summed E-state index contributed by atoms with van der Waals surface area (Å²) in [4.78, 5) is 8.68. The van der Waals surface area contributed by atoms with Crippen LogP contribution in [0.15, 0.2) is 42.9 Å². The van der Waals surface area contributed by atoms with Gasteiger partial charge < -0.3 is 19.9 Å². The molecule has 2 aliphatic rings. The lowest BCUT2D eigenvalue weighted by Crippen LogP contribution is -2.17. The van der Waals surface area contributed by atoms with Crippen LogP contribution in [0.1, 0.15) is 69.3 Å². The topological polar surface area (TPSA) is 94.3 Å². The lowest BCUT2D eigenvalue weighted by atomic mass is 9.97. The molecule has 1 saturated carbocycles. The molecule has 4 heterocycles. The fourth-order valence-corrected chi connectivity index (χ4v) is 4.11. The van der Waals surface area contributed by atoms with Gasteiger partial charge in [-0.2, -0.15) is 5.10 Å². The third-order valence-electron chi connectivity index (χ3n) is 6.10. The molecule has 174 valence electrons. The summed E-state index contributed by atoms with van der Waals surface area (Å²) >= 11 is 0. The first-order valence-corrected chi connectivity index (χ1v) is 11.7. The van der Waals surface area contributed by atoms with E-state index in [2.05, 4.69) is 20.0 Å². The van der Waals surface area contributed by atoms with E-state index in [0.717, 1.165) is 49.6 Å². The molecule has 1 saturated heterocycles. The van der Waals surface area contributed by atoms with Crippen molar-refractivity contribution in [2.45, 2.75) is 63.5 Å². The molecule has 2 fully saturated rings. The fraction of sp³-hybridized carbons (Fsp3) is 0.480. The Balaban J connectivity index is 1.37. The van der Waals surface area contributed by atoms with E-state index < -0.39 is 5.60 Å². The largest absolute Gasteiger partial charge is 0.454 e. The van der Waals surface area contributed by atoms with Crippen LogP contribution < -0.4 is 10.1 Å². The zero-order valence-electron chi connectivity index (χ0n) is 19.2. The van der Waals surface area contributed by atoms with Crippen LogP contribution in [0.3, 0.4) is 0 Å². The highest BCUT2D eigenvalue weighted by Crippen LogP contribution is 2.40. The quantitative estimate of drug-likeness (QED) is 0.521. The molecule has 3 aromatic rings. The predicted molar refractivity (Wildman–Crippen MR) is 125 cm³/mol. The van der Waals surface area contributed by atoms with Crippen molar-refractivity contribution in [3.05, 3.63) is 54.2 Å². The second kappa shape index (κ2) is 9.11. The predicted octanol–water partition coefficient (Wildman–Crippen LogP) is 5.06. The van der Waals surface area contributed by atoms with E-state index in [9.17, 15) is 5.11 Å². The summed E-state index contributed by atoms with van der Waals surface area (Å²) in [6.45, 7) is 5.01. The number of hydrogen-bond acceptors (Lipinski definition) is 7. The molecule has 1 aliphatic heterocycles. The van der Waals surface area contributed by atoms with Gasteiger partial charge >= 0.3 is 0 Å². The Bertz CT molecular complexity index is 1100. The van der Waals surface area contributed by atoms with Crippen LogP contribution in [0.25, 0.3) is 0 Å². The highest BCUT2D eigenvalue weighted by molar-refractivity contribution is 5.58. The summed E-state index contributed by atoms with van der Waals surface area (Å²) in [5, 5.41) is 18.5. The number of aromatic nitrogens is 4. The first kappa shape index (κ1) is 21.9. The molecule has 0 bridgehead atoms. The van der Waals surface area contributed by atoms with E-state index in [0.29, 0.717) is 29.2 Å². The van der Waals surface area contributed by atoms with Crippen molar-refractivity contribution in [3.8, 4) is 11.5 Å². The van der Waals surface area contributed by atoms with Crippen LogP contribution in [0, 0.1) is 0 Å². The van der Waals surface area contributed by atoms with E-state index in [1.807, 2.05) is 30.5 Å². The number of nitrogens with one attached hydrogen (secondary N) is 1. The number of nitrogens with zero attached hydrogens (tertiary/aromatic N) is 4. The van der Waals surface area contributed by atoms with Gasteiger partial charge in [-0.3, -0.25) is 9.67 Å². The summed E-state index contributed by atoms with van der Waals surface area (Å²) in [5.74, 6) is 2.52. The van der Waals surface area contributed by atoms with Crippen molar-refractivity contribution >= 4 is 11.5 Å². The van der Waals surface area contributed by atoms with E-state index in [4.69, 9.17) is 14.6 Å². The van der Waals surface area contributed by atoms with Gasteiger partial charge in [-0.25, -0.2) is 4.98 Å². The molecule has 0 radical (unpaired) electrons. The van der Waals surface area contributed by atoms with Crippen LogP contribution in [0.2, 0.25) is 0 Å². The molecular weight excluding hydrogens is 418 g/mol. The standard InChI is InChI=1S/C25H31N5O3/c1-25(2,31)22-14-18(7-10-26-22)28-23-15-20(8-11-27-23)33-21-16-30(19-5-6-19)29-24(21)17-4-3-12-32-13-9-17/h7-8,10-11,14-17,19,31H,3-6,9,12-13H2,1-2H3,(H,26,27,28). The van der Waals surface area contributed by atoms with Gasteiger partial charge in [0.1, 0.15) is 22.9 Å². The normalized spacial score (nSPS) is 19.2. The molecule has 8 heteroatoms. The van der Waals surface area contributed by atoms with E-state index in [1.165, 1.54) is 12.8 Å². The van der Waals surface area contributed by atoms with Gasteiger partial charge in [0.25, 0.3) is 0 Å². The molecule has 0 spiro atoms. The van der Waals surface area contributed by atoms with Gasteiger partial charge in [-0.15, -0.1) is 0 Å². The van der Waals surface area contributed by atoms with Gasteiger partial charge in [-0.1, -0.05) is 0 Å². The summed E-state index contributed by atoms with van der Waals surface area (Å²) < 4.78 is 14.1. The molecule has 8 nitrogen and oxygen atoms in total. The smallest absolute Gasteiger partial charge is 0.168 e. The van der Waals surface area contributed by atoms with E-state index in [1.54, 1.807) is 26.2 Å². The van der Waals surface area contributed by atoms with Crippen LogP contribution in [-0.4, -0.2) is 38.1 Å². The molecule has 1 unspecified atom stereocenters. The first-order chi connectivity index (χ1) is 16.0. The van der Waals surface area contributed by atoms with Gasteiger partial charge in [-0.05, 0) is 64.2 Å². The van der Waals surface area contributed by atoms with Gasteiger partial charge in [0.2, 0.25) is 0 Å². The Labute approximate surface area is 194 Å². The van der Waals surface area contributed by atoms with Crippen molar-refractivity contribution < 1.29 is 14.6 Å². The Morgan fingerprint density at radius 3 is 2.76 bits per heavy atom. The zero-order valence-corrected chi connectivity index (χ0v) is 19.2. The molecule has 1 aliphatic carbocycles. The van der Waals surface area contributed by atoms with Crippen LogP contribution in [0.5, 0.6) is 11.5 Å². The minimum atomic E-state index is -1.02. The fourth-order valence-electron chi connectivity index (χ4n) is 4.11. The Morgan fingerprint density at radius 1 is 1.09 bits per heavy atom. The van der Waals surface area contributed by atoms with E-state index >= 15 is 0 Å². The molecule has 1 atom stereocenters. The highest BCUT2D eigenvalue weighted by Gasteiger charge is 2.29. The second-order valence-corrected chi connectivity index (χ2v) is 9.42. The SMILES string of the molecule is CC(C)(O)c1cc(Nc2cc(Oc3cn(C4CC4)nc3C3CCCOCC3)ccn2)ccn1. The van der Waals surface area contributed by atoms with Crippen LogP contribution in [-0.2, 0) is 10.3 Å². The Morgan fingerprint density at radius 2 is 1.94 bits per heavy atom.